The van der Waals surface area contributed by atoms with Crippen molar-refractivity contribution < 1.29 is 18.7 Å². The van der Waals surface area contributed by atoms with Crippen molar-refractivity contribution in [3.8, 4) is 5.75 Å². The summed E-state index contributed by atoms with van der Waals surface area (Å²) in [4.78, 5) is 27.3. The topological polar surface area (TPSA) is 70.7 Å². The fourth-order valence-electron chi connectivity index (χ4n) is 4.08. The minimum Gasteiger partial charge on any atom is -0.497 e. The SMILES string of the molecule is COc1ccc(NC(=O)c2ccc(NC(=O)CN(C)C(c3ccccc3)c3ccc(F)cc3)cc2)cc1. The molecule has 0 aliphatic carbocycles. The van der Waals surface area contributed by atoms with E-state index in [-0.39, 0.29) is 30.2 Å². The fraction of sp³-hybridized carbons (Fsp3) is 0.133. The normalized spacial score (nSPS) is 11.6. The summed E-state index contributed by atoms with van der Waals surface area (Å²) in [5.74, 6) is -0.0673. The molecule has 0 heterocycles. The van der Waals surface area contributed by atoms with Crippen LogP contribution in [-0.2, 0) is 4.79 Å². The molecule has 0 bridgehead atoms. The van der Waals surface area contributed by atoms with Crippen molar-refractivity contribution in [2.45, 2.75) is 6.04 Å². The number of methoxy groups -OCH3 is 1. The van der Waals surface area contributed by atoms with E-state index in [2.05, 4.69) is 10.6 Å². The Balaban J connectivity index is 1.39. The standard InChI is InChI=1S/C30H28FN3O3/c1-34(29(21-6-4-3-5-7-21)22-8-12-24(31)13-9-22)20-28(35)32-25-14-10-23(11-15-25)30(36)33-26-16-18-27(37-2)19-17-26/h3-19,29H,20H2,1-2H3,(H,32,35)(H,33,36). The van der Waals surface area contributed by atoms with Crippen LogP contribution in [0, 0.1) is 5.82 Å². The monoisotopic (exact) mass is 497 g/mol. The van der Waals surface area contributed by atoms with Gasteiger partial charge in [0.15, 0.2) is 0 Å². The number of nitrogens with zero attached hydrogens (tertiary/aromatic N) is 1. The Morgan fingerprint density at radius 1 is 0.784 bits per heavy atom. The first-order chi connectivity index (χ1) is 17.9. The lowest BCUT2D eigenvalue weighted by molar-refractivity contribution is -0.117. The van der Waals surface area contributed by atoms with Crippen molar-refractivity contribution in [3.05, 3.63) is 126 Å². The van der Waals surface area contributed by atoms with Gasteiger partial charge in [0, 0.05) is 16.9 Å². The van der Waals surface area contributed by atoms with Gasteiger partial charge in [-0.1, -0.05) is 42.5 Å². The van der Waals surface area contributed by atoms with Crippen molar-refractivity contribution in [2.24, 2.45) is 0 Å². The van der Waals surface area contributed by atoms with Crippen LogP contribution in [0.3, 0.4) is 0 Å². The van der Waals surface area contributed by atoms with Crippen LogP contribution in [0.2, 0.25) is 0 Å². The molecular weight excluding hydrogens is 469 g/mol. The first kappa shape index (κ1) is 25.6. The van der Waals surface area contributed by atoms with Gasteiger partial charge in [0.2, 0.25) is 5.91 Å². The summed E-state index contributed by atoms with van der Waals surface area (Å²) >= 11 is 0. The number of ether oxygens (including phenoxy) is 1. The highest BCUT2D eigenvalue weighted by molar-refractivity contribution is 6.04. The molecule has 2 N–H and O–H groups in total. The van der Waals surface area contributed by atoms with Gasteiger partial charge in [0.1, 0.15) is 11.6 Å². The lowest BCUT2D eigenvalue weighted by atomic mass is 9.97. The van der Waals surface area contributed by atoms with Gasteiger partial charge in [-0.3, -0.25) is 14.5 Å². The third-order valence-corrected chi connectivity index (χ3v) is 5.91. The molecule has 37 heavy (non-hydrogen) atoms. The Morgan fingerprint density at radius 2 is 1.35 bits per heavy atom. The summed E-state index contributed by atoms with van der Waals surface area (Å²) in [5, 5.41) is 5.71. The van der Waals surface area contributed by atoms with E-state index in [9.17, 15) is 14.0 Å². The quantitative estimate of drug-likeness (QED) is 0.309. The highest BCUT2D eigenvalue weighted by Gasteiger charge is 2.21. The molecule has 6 nitrogen and oxygen atoms in total. The van der Waals surface area contributed by atoms with Crippen molar-refractivity contribution in [3.63, 3.8) is 0 Å². The van der Waals surface area contributed by atoms with Crippen molar-refractivity contribution in [1.29, 1.82) is 0 Å². The number of benzene rings is 4. The summed E-state index contributed by atoms with van der Waals surface area (Å²) in [6.07, 6.45) is 0. The molecular formula is C30H28FN3O3. The third kappa shape index (κ3) is 6.80. The smallest absolute Gasteiger partial charge is 0.255 e. The molecule has 0 fully saturated rings. The van der Waals surface area contributed by atoms with Crippen LogP contribution in [0.1, 0.15) is 27.5 Å². The van der Waals surface area contributed by atoms with Crippen LogP contribution in [0.4, 0.5) is 15.8 Å². The molecule has 1 atom stereocenters. The molecule has 4 aromatic carbocycles. The van der Waals surface area contributed by atoms with Gasteiger partial charge in [-0.15, -0.1) is 0 Å². The number of amides is 2. The minimum atomic E-state index is -0.308. The number of nitrogens with one attached hydrogen (secondary N) is 2. The van der Waals surface area contributed by atoms with Crippen molar-refractivity contribution in [2.75, 3.05) is 31.3 Å². The molecule has 0 saturated heterocycles. The number of halogens is 1. The third-order valence-electron chi connectivity index (χ3n) is 5.91. The summed E-state index contributed by atoms with van der Waals surface area (Å²) in [6, 6.07) is 29.6. The highest BCUT2D eigenvalue weighted by Crippen LogP contribution is 2.27. The molecule has 0 aliphatic rings. The number of anilines is 2. The van der Waals surface area contributed by atoms with Crippen molar-refractivity contribution in [1.82, 2.24) is 4.90 Å². The van der Waals surface area contributed by atoms with Crippen LogP contribution in [0.5, 0.6) is 5.75 Å². The number of rotatable bonds is 9. The maximum atomic E-state index is 13.5. The first-order valence-electron chi connectivity index (χ1n) is 11.8. The van der Waals surface area contributed by atoms with Gasteiger partial charge in [0.05, 0.1) is 19.7 Å². The van der Waals surface area contributed by atoms with Crippen LogP contribution < -0.4 is 15.4 Å². The molecule has 0 radical (unpaired) electrons. The molecule has 2 amide bonds. The second-order valence-electron chi connectivity index (χ2n) is 8.59. The average molecular weight is 498 g/mol. The Hall–Kier alpha value is -4.49. The molecule has 0 spiro atoms. The lowest BCUT2D eigenvalue weighted by Crippen LogP contribution is -2.34. The van der Waals surface area contributed by atoms with E-state index < -0.39 is 0 Å². The Bertz CT molecular complexity index is 1330. The molecule has 0 saturated carbocycles. The second kappa shape index (κ2) is 12.0. The van der Waals surface area contributed by atoms with Crippen LogP contribution in [0.25, 0.3) is 0 Å². The predicted molar refractivity (Wildman–Crippen MR) is 143 cm³/mol. The summed E-state index contributed by atoms with van der Waals surface area (Å²) in [7, 11) is 3.44. The second-order valence-corrected chi connectivity index (χ2v) is 8.59. The molecule has 7 heteroatoms. The minimum absolute atomic E-state index is 0.108. The van der Waals surface area contributed by atoms with Gasteiger partial charge in [-0.25, -0.2) is 4.39 Å². The van der Waals surface area contributed by atoms with E-state index in [4.69, 9.17) is 4.74 Å². The van der Waals surface area contributed by atoms with Crippen LogP contribution >= 0.6 is 0 Å². The van der Waals surface area contributed by atoms with Crippen LogP contribution in [-0.4, -0.2) is 37.4 Å². The Labute approximate surface area is 215 Å². The van der Waals surface area contributed by atoms with Gasteiger partial charge in [-0.05, 0) is 78.8 Å². The molecule has 0 aliphatic heterocycles. The zero-order chi connectivity index (χ0) is 26.2. The van der Waals surface area contributed by atoms with E-state index in [1.54, 1.807) is 67.8 Å². The summed E-state index contributed by atoms with van der Waals surface area (Å²) in [5.41, 5.74) is 3.58. The van der Waals surface area contributed by atoms with Crippen molar-refractivity contribution >= 4 is 23.2 Å². The zero-order valence-electron chi connectivity index (χ0n) is 20.6. The number of hydrogen-bond donors (Lipinski definition) is 2. The zero-order valence-corrected chi connectivity index (χ0v) is 20.6. The van der Waals surface area contributed by atoms with Gasteiger partial charge in [0.25, 0.3) is 5.91 Å². The van der Waals surface area contributed by atoms with Gasteiger partial charge < -0.3 is 15.4 Å². The predicted octanol–water partition coefficient (Wildman–Crippen LogP) is 5.75. The first-order valence-corrected chi connectivity index (χ1v) is 11.8. The fourth-order valence-corrected chi connectivity index (χ4v) is 4.08. The molecule has 188 valence electrons. The van der Waals surface area contributed by atoms with E-state index in [0.29, 0.717) is 22.7 Å². The molecule has 1 unspecified atom stereocenters. The Morgan fingerprint density at radius 3 is 1.97 bits per heavy atom. The number of hydrogen-bond acceptors (Lipinski definition) is 4. The van der Waals surface area contributed by atoms with Crippen LogP contribution in [0.15, 0.2) is 103 Å². The molecule has 4 rings (SSSR count). The Kier molecular flexibility index (Phi) is 8.28. The van der Waals surface area contributed by atoms with E-state index in [1.807, 2.05) is 42.3 Å². The number of likely N-dealkylation sites (N-methyl/N-ethyl adjacent to an activating group) is 1. The van der Waals surface area contributed by atoms with E-state index >= 15 is 0 Å². The largest absolute Gasteiger partial charge is 0.497 e. The van der Waals surface area contributed by atoms with Gasteiger partial charge >= 0.3 is 0 Å². The molecule has 0 aromatic heterocycles. The van der Waals surface area contributed by atoms with Gasteiger partial charge in [-0.2, -0.15) is 0 Å². The number of carbonyl (C=O) groups excluding carboxylic acids is 2. The summed E-state index contributed by atoms with van der Waals surface area (Å²) < 4.78 is 18.6. The van der Waals surface area contributed by atoms with E-state index in [1.165, 1.54) is 12.1 Å². The average Bonchev–Trinajstić information content (AvgIpc) is 2.91. The number of carbonyl (C=O) groups is 2. The van der Waals surface area contributed by atoms with E-state index in [0.717, 1.165) is 11.1 Å². The molecule has 4 aromatic rings. The maximum Gasteiger partial charge on any atom is 0.255 e. The maximum absolute atomic E-state index is 13.5. The summed E-state index contributed by atoms with van der Waals surface area (Å²) in [6.45, 7) is 0.108. The highest BCUT2D eigenvalue weighted by atomic mass is 19.1. The lowest BCUT2D eigenvalue weighted by Gasteiger charge is -2.28.